The van der Waals surface area contributed by atoms with Crippen LogP contribution in [0.5, 0.6) is 0 Å². The summed E-state index contributed by atoms with van der Waals surface area (Å²) in [6.07, 6.45) is 26.1. The van der Waals surface area contributed by atoms with Gasteiger partial charge in [-0.2, -0.15) is 0 Å². The van der Waals surface area contributed by atoms with Crippen LogP contribution in [0.2, 0.25) is 0 Å². The van der Waals surface area contributed by atoms with Crippen LogP contribution < -0.4 is 5.32 Å². The van der Waals surface area contributed by atoms with Crippen molar-refractivity contribution in [1.29, 1.82) is 0 Å². The molecule has 3 nitrogen and oxygen atoms in total. The average molecular weight is 414 g/mol. The van der Waals surface area contributed by atoms with E-state index in [9.17, 15) is 4.79 Å². The van der Waals surface area contributed by atoms with Crippen molar-refractivity contribution >= 4 is 5.97 Å². The first-order valence-electron chi connectivity index (χ1n) is 13.1. The van der Waals surface area contributed by atoms with E-state index in [0.717, 1.165) is 25.9 Å². The minimum atomic E-state index is -0.651. The molecule has 0 saturated carbocycles. The van der Waals surface area contributed by atoms with Crippen LogP contribution in [0.1, 0.15) is 149 Å². The molecule has 0 atom stereocenters. The van der Waals surface area contributed by atoms with Gasteiger partial charge < -0.3 is 10.4 Å². The molecule has 0 aliphatic heterocycles. The van der Waals surface area contributed by atoms with Gasteiger partial charge in [-0.1, -0.05) is 136 Å². The van der Waals surface area contributed by atoms with E-state index in [4.69, 9.17) is 5.11 Å². The summed E-state index contributed by atoms with van der Waals surface area (Å²) in [6, 6.07) is 0. The van der Waals surface area contributed by atoms with Crippen LogP contribution in [0.3, 0.4) is 0 Å². The Morgan fingerprint density at radius 3 is 1.00 bits per heavy atom. The number of carboxylic acids is 1. The lowest BCUT2D eigenvalue weighted by Gasteiger charge is -2.03. The van der Waals surface area contributed by atoms with Crippen LogP contribution in [0, 0.1) is 0 Å². The third kappa shape index (κ3) is 35.3. The molecule has 0 radical (unpaired) electrons. The normalized spacial score (nSPS) is 10.6. The van der Waals surface area contributed by atoms with E-state index in [1.165, 1.54) is 109 Å². The van der Waals surface area contributed by atoms with E-state index in [1.54, 1.807) is 0 Å². The first-order chi connectivity index (χ1) is 14.2. The zero-order valence-corrected chi connectivity index (χ0v) is 20.4. The van der Waals surface area contributed by atoms with E-state index in [1.807, 2.05) is 0 Å². The second-order valence-corrected chi connectivity index (χ2v) is 8.46. The van der Waals surface area contributed by atoms with Gasteiger partial charge in [-0.25, -0.2) is 0 Å². The minimum absolute atomic E-state index is 0.346. The van der Waals surface area contributed by atoms with Crippen LogP contribution >= 0.6 is 0 Å². The molecule has 0 saturated heterocycles. The first-order valence-corrected chi connectivity index (χ1v) is 13.1. The number of nitrogens with one attached hydrogen (secondary N) is 1. The molecule has 3 heteroatoms. The highest BCUT2D eigenvalue weighted by Gasteiger charge is 1.97. The molecule has 0 aromatic rings. The Morgan fingerprint density at radius 2 is 0.793 bits per heavy atom. The lowest BCUT2D eigenvalue weighted by Crippen LogP contribution is -2.09. The fraction of sp³-hybridized carbons (Fsp3) is 0.962. The predicted octanol–water partition coefficient (Wildman–Crippen LogP) is 8.51. The summed E-state index contributed by atoms with van der Waals surface area (Å²) in [7, 11) is 0. The molecular weight excluding hydrogens is 358 g/mol. The van der Waals surface area contributed by atoms with E-state index in [2.05, 4.69) is 26.1 Å². The average Bonchev–Trinajstić information content (AvgIpc) is 2.70. The topological polar surface area (TPSA) is 49.3 Å². The number of unbranched alkanes of at least 4 members (excludes halogenated alkanes) is 18. The van der Waals surface area contributed by atoms with Gasteiger partial charge >= 0.3 is 5.97 Å². The van der Waals surface area contributed by atoms with Crippen LogP contribution in [0.15, 0.2) is 0 Å². The molecular formula is C26H55NO2. The number of hydrogen-bond acceptors (Lipinski definition) is 2. The molecule has 0 aliphatic rings. The third-order valence-corrected chi connectivity index (χ3v) is 5.49. The van der Waals surface area contributed by atoms with Crippen molar-refractivity contribution in [3.8, 4) is 0 Å². The maximum atomic E-state index is 10.4. The number of hydrogen-bond donors (Lipinski definition) is 2. The van der Waals surface area contributed by atoms with Gasteiger partial charge in [0.2, 0.25) is 0 Å². The number of carbonyl (C=O) groups is 1. The van der Waals surface area contributed by atoms with Gasteiger partial charge in [-0.05, 0) is 19.5 Å². The van der Waals surface area contributed by atoms with E-state index in [-0.39, 0.29) is 0 Å². The highest BCUT2D eigenvalue weighted by atomic mass is 16.4. The van der Waals surface area contributed by atoms with E-state index < -0.39 is 5.97 Å². The van der Waals surface area contributed by atoms with Gasteiger partial charge in [0.05, 0.1) is 0 Å². The van der Waals surface area contributed by atoms with Gasteiger partial charge in [-0.15, -0.1) is 0 Å². The van der Waals surface area contributed by atoms with E-state index in [0.29, 0.717) is 6.42 Å². The summed E-state index contributed by atoms with van der Waals surface area (Å²) in [6.45, 7) is 8.67. The van der Waals surface area contributed by atoms with Crippen molar-refractivity contribution in [1.82, 2.24) is 5.32 Å². The Labute approximate surface area is 183 Å². The van der Waals surface area contributed by atoms with E-state index >= 15 is 0 Å². The van der Waals surface area contributed by atoms with Crippen LogP contribution in [0.25, 0.3) is 0 Å². The largest absolute Gasteiger partial charge is 0.481 e. The van der Waals surface area contributed by atoms with Gasteiger partial charge in [-0.3, -0.25) is 4.79 Å². The van der Waals surface area contributed by atoms with Gasteiger partial charge in [0.25, 0.3) is 0 Å². The molecule has 0 aromatic carbocycles. The molecule has 0 amide bonds. The van der Waals surface area contributed by atoms with Crippen molar-refractivity contribution in [3.63, 3.8) is 0 Å². The second kappa shape index (κ2) is 29.6. The predicted molar refractivity (Wildman–Crippen MR) is 130 cm³/mol. The van der Waals surface area contributed by atoms with Crippen LogP contribution in [0.4, 0.5) is 0 Å². The summed E-state index contributed by atoms with van der Waals surface area (Å²) in [4.78, 5) is 10.4. The quantitative estimate of drug-likeness (QED) is 0.175. The molecule has 0 aromatic heterocycles. The highest BCUT2D eigenvalue weighted by molar-refractivity contribution is 5.66. The third-order valence-electron chi connectivity index (χ3n) is 5.49. The smallest absolute Gasteiger partial charge is 0.303 e. The molecule has 0 spiro atoms. The summed E-state index contributed by atoms with van der Waals surface area (Å²) < 4.78 is 0. The first kappa shape index (κ1) is 30.6. The van der Waals surface area contributed by atoms with Crippen molar-refractivity contribution in [2.75, 3.05) is 13.1 Å². The maximum Gasteiger partial charge on any atom is 0.303 e. The molecule has 0 unspecified atom stereocenters. The van der Waals surface area contributed by atoms with Gasteiger partial charge in [0, 0.05) is 6.42 Å². The van der Waals surface area contributed by atoms with Gasteiger partial charge in [0.1, 0.15) is 0 Å². The van der Waals surface area contributed by atoms with Crippen molar-refractivity contribution in [2.45, 2.75) is 149 Å². The molecule has 176 valence electrons. The van der Waals surface area contributed by atoms with Crippen LogP contribution in [-0.4, -0.2) is 24.2 Å². The Hall–Kier alpha value is -0.570. The molecule has 0 rings (SSSR count). The SMILES string of the molecule is CCCCCCCCCCCCCCCCCCCCCC(=O)O.CCNCC. The fourth-order valence-corrected chi connectivity index (χ4v) is 3.60. The molecule has 0 aliphatic carbocycles. The number of carboxylic acid groups (broad SMARTS) is 1. The van der Waals surface area contributed by atoms with Crippen molar-refractivity contribution in [2.24, 2.45) is 0 Å². The summed E-state index contributed by atoms with van der Waals surface area (Å²) in [5.74, 6) is -0.651. The molecule has 0 fully saturated rings. The monoisotopic (exact) mass is 413 g/mol. The number of aliphatic carboxylic acids is 1. The zero-order chi connectivity index (χ0) is 21.8. The Bertz CT molecular complexity index is 292. The summed E-state index contributed by atoms with van der Waals surface area (Å²) in [5.41, 5.74) is 0. The minimum Gasteiger partial charge on any atom is -0.481 e. The lowest BCUT2D eigenvalue weighted by molar-refractivity contribution is -0.137. The maximum absolute atomic E-state index is 10.4. The van der Waals surface area contributed by atoms with Crippen molar-refractivity contribution < 1.29 is 9.90 Å². The Balaban J connectivity index is 0. The summed E-state index contributed by atoms with van der Waals surface area (Å²) in [5, 5.41) is 11.7. The molecule has 0 bridgehead atoms. The van der Waals surface area contributed by atoms with Gasteiger partial charge in [0.15, 0.2) is 0 Å². The standard InChI is InChI=1S/C22H44O2.C4H11N/c1-2-3-4-5-6-7-8-9-10-11-12-13-14-15-16-17-18-19-20-21-22(23)24;1-3-5-4-2/h2-21H2,1H3,(H,23,24);5H,3-4H2,1-2H3. The van der Waals surface area contributed by atoms with Crippen LogP contribution in [-0.2, 0) is 4.79 Å². The second-order valence-electron chi connectivity index (χ2n) is 8.46. The lowest BCUT2D eigenvalue weighted by atomic mass is 10.0. The van der Waals surface area contributed by atoms with Crippen molar-refractivity contribution in [3.05, 3.63) is 0 Å². The Morgan fingerprint density at radius 1 is 0.517 bits per heavy atom. The highest BCUT2D eigenvalue weighted by Crippen LogP contribution is 2.14. The Kier molecular flexibility index (Phi) is 31.3. The molecule has 2 N–H and O–H groups in total. The fourth-order valence-electron chi connectivity index (χ4n) is 3.60. The summed E-state index contributed by atoms with van der Waals surface area (Å²) >= 11 is 0. The number of rotatable bonds is 22. The molecule has 0 heterocycles. The molecule has 29 heavy (non-hydrogen) atoms. The zero-order valence-electron chi connectivity index (χ0n) is 20.4.